The molecule has 2 rings (SSSR count). The second-order valence-electron chi connectivity index (χ2n) is 3.43. The van der Waals surface area contributed by atoms with E-state index in [1.165, 1.54) is 0 Å². The number of hydrogen-bond donors (Lipinski definition) is 1. The molecule has 0 amide bonds. The Labute approximate surface area is 119 Å². The summed E-state index contributed by atoms with van der Waals surface area (Å²) in [5.74, 6) is 0.430. The molecule has 0 aliphatic rings. The molecular weight excluding hydrogens is 347 g/mol. The number of amidine groups is 1. The SMILES string of the molecule is NC(=Nc1ccccc1I)c1ccccc1Cl. The van der Waals surface area contributed by atoms with Gasteiger partial charge >= 0.3 is 0 Å². The second kappa shape index (κ2) is 5.51. The van der Waals surface area contributed by atoms with Crippen LogP contribution < -0.4 is 5.73 Å². The lowest BCUT2D eigenvalue weighted by atomic mass is 10.2. The molecule has 2 aromatic carbocycles. The summed E-state index contributed by atoms with van der Waals surface area (Å²) in [6.07, 6.45) is 0. The van der Waals surface area contributed by atoms with E-state index < -0.39 is 0 Å². The van der Waals surface area contributed by atoms with Crippen molar-refractivity contribution in [3.05, 3.63) is 62.7 Å². The average Bonchev–Trinajstić information content (AvgIpc) is 2.32. The Morgan fingerprint density at radius 3 is 2.41 bits per heavy atom. The van der Waals surface area contributed by atoms with E-state index in [0.29, 0.717) is 10.9 Å². The summed E-state index contributed by atoms with van der Waals surface area (Å²) in [5.41, 5.74) is 7.57. The number of nitrogens with zero attached hydrogens (tertiary/aromatic N) is 1. The van der Waals surface area contributed by atoms with Crippen molar-refractivity contribution < 1.29 is 0 Å². The summed E-state index contributed by atoms with van der Waals surface area (Å²) < 4.78 is 1.06. The largest absolute Gasteiger partial charge is 0.383 e. The van der Waals surface area contributed by atoms with E-state index in [4.69, 9.17) is 17.3 Å². The molecule has 17 heavy (non-hydrogen) atoms. The molecule has 0 aromatic heterocycles. The third-order valence-corrected chi connectivity index (χ3v) is 3.48. The Morgan fingerprint density at radius 2 is 1.71 bits per heavy atom. The molecule has 0 aliphatic heterocycles. The number of halogens is 2. The van der Waals surface area contributed by atoms with Crippen LogP contribution >= 0.6 is 34.2 Å². The molecule has 2 nitrogen and oxygen atoms in total. The van der Waals surface area contributed by atoms with E-state index in [2.05, 4.69) is 27.6 Å². The molecule has 4 heteroatoms. The van der Waals surface area contributed by atoms with E-state index in [1.807, 2.05) is 42.5 Å². The highest BCUT2D eigenvalue weighted by Gasteiger charge is 2.04. The molecule has 0 aliphatic carbocycles. The molecule has 0 atom stereocenters. The van der Waals surface area contributed by atoms with Crippen LogP contribution in [0.2, 0.25) is 5.02 Å². The monoisotopic (exact) mass is 356 g/mol. The summed E-state index contributed by atoms with van der Waals surface area (Å²) in [4.78, 5) is 4.39. The quantitative estimate of drug-likeness (QED) is 0.493. The Balaban J connectivity index is 2.42. The van der Waals surface area contributed by atoms with Gasteiger partial charge in [0.2, 0.25) is 0 Å². The molecule has 0 heterocycles. The van der Waals surface area contributed by atoms with Crippen molar-refractivity contribution in [2.24, 2.45) is 10.7 Å². The van der Waals surface area contributed by atoms with E-state index in [0.717, 1.165) is 14.8 Å². The van der Waals surface area contributed by atoms with Gasteiger partial charge in [-0.2, -0.15) is 0 Å². The van der Waals surface area contributed by atoms with Crippen LogP contribution in [0.3, 0.4) is 0 Å². The maximum Gasteiger partial charge on any atom is 0.132 e. The third-order valence-electron chi connectivity index (χ3n) is 2.24. The van der Waals surface area contributed by atoms with Crippen LogP contribution in [0.5, 0.6) is 0 Å². The predicted molar refractivity (Wildman–Crippen MR) is 81.0 cm³/mol. The lowest BCUT2D eigenvalue weighted by Crippen LogP contribution is -2.13. The predicted octanol–water partition coefficient (Wildman–Crippen LogP) is 3.98. The number of aliphatic imine (C=N–C) groups is 1. The summed E-state index contributed by atoms with van der Waals surface area (Å²) in [7, 11) is 0. The zero-order valence-electron chi connectivity index (χ0n) is 8.90. The first-order valence-corrected chi connectivity index (χ1v) is 6.48. The summed E-state index contributed by atoms with van der Waals surface area (Å²) in [6.45, 7) is 0. The Bertz CT molecular complexity index is 567. The first-order chi connectivity index (χ1) is 8.18. The van der Waals surface area contributed by atoms with Gasteiger partial charge in [-0.25, -0.2) is 4.99 Å². The van der Waals surface area contributed by atoms with Crippen LogP contribution in [0, 0.1) is 3.57 Å². The van der Waals surface area contributed by atoms with Gasteiger partial charge in [0.1, 0.15) is 5.84 Å². The molecule has 0 bridgehead atoms. The lowest BCUT2D eigenvalue weighted by molar-refractivity contribution is 1.43. The Morgan fingerprint density at radius 1 is 1.06 bits per heavy atom. The van der Waals surface area contributed by atoms with Crippen molar-refractivity contribution in [3.8, 4) is 0 Å². The van der Waals surface area contributed by atoms with Gasteiger partial charge < -0.3 is 5.73 Å². The van der Waals surface area contributed by atoms with Gasteiger partial charge in [-0.15, -0.1) is 0 Å². The molecule has 0 saturated carbocycles. The molecule has 0 radical (unpaired) electrons. The fraction of sp³-hybridized carbons (Fsp3) is 0. The second-order valence-corrected chi connectivity index (χ2v) is 5.00. The first-order valence-electron chi connectivity index (χ1n) is 5.02. The van der Waals surface area contributed by atoms with Crippen LogP contribution in [0.25, 0.3) is 0 Å². The van der Waals surface area contributed by atoms with Crippen LogP contribution in [0.4, 0.5) is 5.69 Å². The van der Waals surface area contributed by atoms with Crippen molar-refractivity contribution >= 4 is 45.7 Å². The third kappa shape index (κ3) is 2.98. The zero-order valence-corrected chi connectivity index (χ0v) is 11.8. The van der Waals surface area contributed by atoms with E-state index >= 15 is 0 Å². The Kier molecular flexibility index (Phi) is 4.02. The van der Waals surface area contributed by atoms with Crippen LogP contribution in [-0.4, -0.2) is 5.84 Å². The molecule has 2 aromatic rings. The smallest absolute Gasteiger partial charge is 0.132 e. The van der Waals surface area contributed by atoms with Crippen molar-refractivity contribution in [2.45, 2.75) is 0 Å². The van der Waals surface area contributed by atoms with Crippen molar-refractivity contribution in [1.82, 2.24) is 0 Å². The van der Waals surface area contributed by atoms with Crippen molar-refractivity contribution in [1.29, 1.82) is 0 Å². The number of nitrogens with two attached hydrogens (primary N) is 1. The molecule has 0 spiro atoms. The maximum atomic E-state index is 6.06. The highest BCUT2D eigenvalue weighted by molar-refractivity contribution is 14.1. The fourth-order valence-electron chi connectivity index (χ4n) is 1.40. The average molecular weight is 357 g/mol. The molecule has 0 unspecified atom stereocenters. The molecular formula is C13H10ClIN2. The molecule has 0 saturated heterocycles. The van der Waals surface area contributed by atoms with Gasteiger partial charge in [0.25, 0.3) is 0 Å². The first kappa shape index (κ1) is 12.4. The Hall–Kier alpha value is -1.07. The van der Waals surface area contributed by atoms with Gasteiger partial charge in [-0.1, -0.05) is 35.9 Å². The lowest BCUT2D eigenvalue weighted by Gasteiger charge is -2.04. The van der Waals surface area contributed by atoms with Gasteiger partial charge in [0.05, 0.1) is 10.7 Å². The number of para-hydroxylation sites is 1. The summed E-state index contributed by atoms with van der Waals surface area (Å²) in [5, 5.41) is 0.611. The standard InChI is InChI=1S/C13H10ClIN2/c14-10-6-2-1-5-9(10)13(16)17-12-8-4-3-7-11(12)15/h1-8H,(H2,16,17). The molecule has 86 valence electrons. The summed E-state index contributed by atoms with van der Waals surface area (Å²) >= 11 is 8.29. The topological polar surface area (TPSA) is 38.4 Å². The van der Waals surface area contributed by atoms with Gasteiger partial charge in [0.15, 0.2) is 0 Å². The minimum absolute atomic E-state index is 0.430. The van der Waals surface area contributed by atoms with Crippen molar-refractivity contribution in [2.75, 3.05) is 0 Å². The molecule has 0 fully saturated rings. The fourth-order valence-corrected chi connectivity index (χ4v) is 2.14. The number of hydrogen-bond acceptors (Lipinski definition) is 1. The zero-order chi connectivity index (χ0) is 12.3. The van der Waals surface area contributed by atoms with E-state index in [-0.39, 0.29) is 0 Å². The van der Waals surface area contributed by atoms with E-state index in [9.17, 15) is 0 Å². The highest BCUT2D eigenvalue weighted by Crippen LogP contribution is 2.22. The number of rotatable bonds is 2. The highest BCUT2D eigenvalue weighted by atomic mass is 127. The van der Waals surface area contributed by atoms with Gasteiger partial charge in [-0.3, -0.25) is 0 Å². The van der Waals surface area contributed by atoms with Crippen LogP contribution in [0.15, 0.2) is 53.5 Å². The minimum atomic E-state index is 0.430. The van der Waals surface area contributed by atoms with Gasteiger partial charge in [0, 0.05) is 9.13 Å². The normalized spacial score (nSPS) is 11.5. The van der Waals surface area contributed by atoms with Gasteiger partial charge in [-0.05, 0) is 46.9 Å². The van der Waals surface area contributed by atoms with Crippen LogP contribution in [-0.2, 0) is 0 Å². The minimum Gasteiger partial charge on any atom is -0.383 e. The number of benzene rings is 2. The summed E-state index contributed by atoms with van der Waals surface area (Å²) in [6, 6.07) is 15.2. The van der Waals surface area contributed by atoms with Crippen LogP contribution in [0.1, 0.15) is 5.56 Å². The molecule has 2 N–H and O–H groups in total. The van der Waals surface area contributed by atoms with Crippen molar-refractivity contribution in [3.63, 3.8) is 0 Å². The maximum absolute atomic E-state index is 6.06. The van der Waals surface area contributed by atoms with E-state index in [1.54, 1.807) is 6.07 Å².